The maximum Gasteiger partial charge on any atom is 0.245 e. The molecule has 27 N–H and O–H groups in total. The number of likely N-dealkylation sites (tertiary alicyclic amines) is 2. The van der Waals surface area contributed by atoms with Crippen LogP contribution in [0.25, 0.3) is 0 Å². The zero-order chi connectivity index (χ0) is 74.0. The van der Waals surface area contributed by atoms with Crippen molar-refractivity contribution in [3.8, 4) is 5.75 Å². The molecule has 0 aromatic heterocycles. The smallest absolute Gasteiger partial charge is 0.245 e. The van der Waals surface area contributed by atoms with Gasteiger partial charge in [-0.05, 0) is 138 Å². The molecular formula is C66H108N22O12. The zero-order valence-electron chi connectivity index (χ0n) is 58.0. The Labute approximate surface area is 583 Å². The first-order chi connectivity index (χ1) is 47.5. The molecule has 11 atom stereocenters. The molecule has 0 spiro atoms. The fraction of sp³-hybridized carbons (Fsp3) is 0.606. The molecule has 11 amide bonds. The Balaban J connectivity index is 1.59. The minimum absolute atomic E-state index is 0.00501. The van der Waals surface area contributed by atoms with Gasteiger partial charge in [-0.15, -0.1) is 0 Å². The average Bonchev–Trinajstić information content (AvgIpc) is 1.61. The average molecular weight is 1400 g/mol. The molecule has 2 aliphatic rings. The van der Waals surface area contributed by atoms with Gasteiger partial charge in [0.15, 0.2) is 17.9 Å². The Kier molecular flexibility index (Phi) is 35.4. The van der Waals surface area contributed by atoms with Crippen molar-refractivity contribution in [2.24, 2.45) is 78.4 Å². The predicted octanol–water partition coefficient (Wildman–Crippen LogP) is -4.14. The molecule has 0 saturated carbocycles. The van der Waals surface area contributed by atoms with Gasteiger partial charge in [-0.1, -0.05) is 76.6 Å². The van der Waals surface area contributed by atoms with Gasteiger partial charge in [-0.2, -0.15) is 0 Å². The van der Waals surface area contributed by atoms with Crippen molar-refractivity contribution in [3.05, 3.63) is 65.7 Å². The second-order valence-corrected chi connectivity index (χ2v) is 25.7. The van der Waals surface area contributed by atoms with Crippen molar-refractivity contribution in [3.63, 3.8) is 0 Å². The third-order valence-electron chi connectivity index (χ3n) is 17.2. The van der Waals surface area contributed by atoms with Crippen LogP contribution in [0.2, 0.25) is 0 Å². The van der Waals surface area contributed by atoms with Crippen LogP contribution in [0.4, 0.5) is 0 Å². The highest BCUT2D eigenvalue weighted by molar-refractivity contribution is 5.99. The van der Waals surface area contributed by atoms with Crippen LogP contribution in [0.15, 0.2) is 69.6 Å². The molecule has 34 nitrogen and oxygen atoms in total. The topological polar surface area (TPSA) is 582 Å². The minimum Gasteiger partial charge on any atom is -0.508 e. The highest BCUT2D eigenvalue weighted by Crippen LogP contribution is 2.23. The van der Waals surface area contributed by atoms with Crippen LogP contribution >= 0.6 is 0 Å². The number of unbranched alkanes of at least 4 members (excludes halogenated alkanes) is 1. The Bertz CT molecular complexity index is 3130. The number of nitrogens with two attached hydrogens (primary N) is 9. The first-order valence-electron chi connectivity index (χ1n) is 34.3. The molecule has 554 valence electrons. The van der Waals surface area contributed by atoms with Crippen LogP contribution in [0.3, 0.4) is 0 Å². The molecule has 2 saturated heterocycles. The van der Waals surface area contributed by atoms with E-state index < -0.39 is 138 Å². The van der Waals surface area contributed by atoms with Gasteiger partial charge in [0.2, 0.25) is 65.0 Å². The standard InChI is InChI=1S/C66H108N22O12/c1-5-39(4)53(61(98)84-47(21-13-31-78-66(74)75)63(100)88-33-15-23-51(88)60(97)81-44(54(69)91)18-9-10-28-67)86-56(93)46(20-12-30-77-65(72)73)82-55(92)45(19-11-29-76-64(70)71)83-57(94)48(34-38(2)3)85-58(95)49(36-40-16-7-6-8-17-40)80-52(90)37-79-59(96)50-22-14-32-87(50)62(99)43(68)35-41-24-26-42(89)27-25-41/h6-8,16-17,24-27,38-39,43-51,53,89H,5,9-15,18-23,28-37,67-68H2,1-4H3,(H2,69,91)(H,79,96)(H,80,90)(H,81,97)(H,82,92)(H,83,94)(H,84,98)(H,85,95)(H,86,93)(H4,70,71,76)(H4,72,73,77)(H4,74,75,78)/t39-,43-,44-,45-,46-,47-,48-,49-,50-,51+,53-/m0/s1. The lowest BCUT2D eigenvalue weighted by molar-refractivity contribution is -0.142. The van der Waals surface area contributed by atoms with E-state index in [0.717, 1.165) is 0 Å². The van der Waals surface area contributed by atoms with E-state index in [1.54, 1.807) is 70.2 Å². The highest BCUT2D eigenvalue weighted by Gasteiger charge is 2.41. The fourth-order valence-corrected chi connectivity index (χ4v) is 11.7. The van der Waals surface area contributed by atoms with E-state index in [0.29, 0.717) is 56.2 Å². The molecule has 0 aliphatic carbocycles. The quantitative estimate of drug-likeness (QED) is 0.0170. The van der Waals surface area contributed by atoms with E-state index in [2.05, 4.69) is 57.5 Å². The zero-order valence-corrected chi connectivity index (χ0v) is 58.0. The number of aromatic hydroxyl groups is 1. The van der Waals surface area contributed by atoms with Crippen molar-refractivity contribution in [1.82, 2.24) is 52.3 Å². The lowest BCUT2D eigenvalue weighted by Gasteiger charge is -2.32. The number of amides is 11. The number of carbonyl (C=O) groups is 11. The van der Waals surface area contributed by atoms with E-state index in [1.807, 2.05) is 0 Å². The van der Waals surface area contributed by atoms with E-state index in [9.17, 15) is 57.8 Å². The summed E-state index contributed by atoms with van der Waals surface area (Å²) in [5.41, 5.74) is 52.6. The summed E-state index contributed by atoms with van der Waals surface area (Å²) < 4.78 is 0. The Morgan fingerprint density at radius 2 is 0.990 bits per heavy atom. The number of benzene rings is 2. The molecule has 0 radical (unpaired) electrons. The Morgan fingerprint density at radius 1 is 0.520 bits per heavy atom. The molecule has 2 heterocycles. The van der Waals surface area contributed by atoms with Crippen LogP contribution in [0.1, 0.15) is 135 Å². The number of phenolic OH excluding ortho intramolecular Hbond substituents is 1. The number of hydrogen-bond acceptors (Lipinski definition) is 17. The van der Waals surface area contributed by atoms with Crippen molar-refractivity contribution >= 4 is 82.9 Å². The summed E-state index contributed by atoms with van der Waals surface area (Å²) in [5, 5.41) is 31.5. The number of carbonyl (C=O) groups excluding carboxylic acids is 11. The number of phenols is 1. The lowest BCUT2D eigenvalue weighted by Crippen LogP contribution is -2.61. The second kappa shape index (κ2) is 42.8. The highest BCUT2D eigenvalue weighted by atomic mass is 16.3. The third-order valence-corrected chi connectivity index (χ3v) is 17.2. The third kappa shape index (κ3) is 28.5. The van der Waals surface area contributed by atoms with E-state index in [-0.39, 0.29) is 133 Å². The van der Waals surface area contributed by atoms with Crippen LogP contribution in [-0.4, -0.2) is 204 Å². The monoisotopic (exact) mass is 1400 g/mol. The summed E-state index contributed by atoms with van der Waals surface area (Å²) in [6.07, 6.45) is 3.40. The largest absolute Gasteiger partial charge is 0.508 e. The van der Waals surface area contributed by atoms with E-state index in [1.165, 1.54) is 21.9 Å². The molecule has 0 bridgehead atoms. The second-order valence-electron chi connectivity index (χ2n) is 25.7. The van der Waals surface area contributed by atoms with E-state index >= 15 is 0 Å². The number of guanidine groups is 3. The molecular weight excluding hydrogens is 1290 g/mol. The summed E-state index contributed by atoms with van der Waals surface area (Å²) in [5.74, 6) is -9.42. The molecule has 100 heavy (non-hydrogen) atoms. The lowest BCUT2D eigenvalue weighted by atomic mass is 9.96. The Morgan fingerprint density at radius 3 is 1.51 bits per heavy atom. The normalized spacial score (nSPS) is 16.8. The van der Waals surface area contributed by atoms with E-state index in [4.69, 9.17) is 51.6 Å². The van der Waals surface area contributed by atoms with Crippen molar-refractivity contribution in [2.45, 2.75) is 197 Å². The van der Waals surface area contributed by atoms with Gasteiger partial charge in [0.05, 0.1) is 12.6 Å². The molecule has 2 aromatic carbocycles. The SMILES string of the molecule is CC[C@H](C)[C@H](NC(=O)[C@H](CCCN=C(N)N)NC(=O)[C@H](CCCN=C(N)N)NC(=O)[C@H](CC(C)C)NC(=O)[C@H](Cc1ccccc1)NC(=O)CNC(=O)[C@@H]1CCCN1C(=O)[C@@H](N)Cc1ccc(O)cc1)C(=O)N[C@@H](CCCN=C(N)N)C(=O)N1CCC[C@@H]1C(=O)N[C@@H](CCCCN)C(N)=O. The summed E-state index contributed by atoms with van der Waals surface area (Å²) >= 11 is 0. The number of nitrogens with zero attached hydrogens (tertiary/aromatic N) is 5. The Hall–Kier alpha value is -9.86. The number of hydrogen-bond donors (Lipinski definition) is 18. The fourth-order valence-electron chi connectivity index (χ4n) is 11.7. The molecule has 4 rings (SSSR count). The first-order valence-corrected chi connectivity index (χ1v) is 34.3. The maximum atomic E-state index is 14.8. The van der Waals surface area contributed by atoms with Crippen molar-refractivity contribution in [1.29, 1.82) is 0 Å². The molecule has 34 heteroatoms. The van der Waals surface area contributed by atoms with Gasteiger partial charge in [0.25, 0.3) is 0 Å². The molecule has 2 aromatic rings. The first kappa shape index (κ1) is 82.6. The maximum absolute atomic E-state index is 14.8. The van der Waals surface area contributed by atoms with Gasteiger partial charge in [0.1, 0.15) is 60.1 Å². The van der Waals surface area contributed by atoms with Gasteiger partial charge < -0.3 is 109 Å². The van der Waals surface area contributed by atoms with Gasteiger partial charge in [0, 0.05) is 39.1 Å². The summed E-state index contributed by atoms with van der Waals surface area (Å²) in [4.78, 5) is 170. The molecule has 0 unspecified atom stereocenters. The van der Waals surface area contributed by atoms with Gasteiger partial charge in [-0.3, -0.25) is 67.7 Å². The predicted molar refractivity (Wildman–Crippen MR) is 377 cm³/mol. The van der Waals surface area contributed by atoms with Crippen LogP contribution in [0.5, 0.6) is 5.75 Å². The van der Waals surface area contributed by atoms with Crippen LogP contribution in [0, 0.1) is 11.8 Å². The van der Waals surface area contributed by atoms with Crippen molar-refractivity contribution < 1.29 is 57.8 Å². The number of primary amides is 1. The van der Waals surface area contributed by atoms with Crippen LogP contribution in [-0.2, 0) is 65.6 Å². The summed E-state index contributed by atoms with van der Waals surface area (Å²) in [6.45, 7) is 7.31. The van der Waals surface area contributed by atoms with Crippen molar-refractivity contribution in [2.75, 3.05) is 45.8 Å². The number of rotatable bonds is 43. The summed E-state index contributed by atoms with van der Waals surface area (Å²) in [6, 6.07) is 2.83. The van der Waals surface area contributed by atoms with Crippen LogP contribution < -0.4 is 94.1 Å². The molecule has 2 aliphatic heterocycles. The number of aliphatic imine (C=N–C) groups is 3. The minimum atomic E-state index is -1.43. The van der Waals surface area contributed by atoms with Gasteiger partial charge >= 0.3 is 0 Å². The molecule has 2 fully saturated rings. The number of nitrogens with one attached hydrogen (secondary N) is 8. The summed E-state index contributed by atoms with van der Waals surface area (Å²) in [7, 11) is 0. The van der Waals surface area contributed by atoms with Gasteiger partial charge in [-0.25, -0.2) is 0 Å².